The summed E-state index contributed by atoms with van der Waals surface area (Å²) in [6.07, 6.45) is 4.92. The zero-order valence-corrected chi connectivity index (χ0v) is 12.5. The summed E-state index contributed by atoms with van der Waals surface area (Å²) >= 11 is 0. The van der Waals surface area contributed by atoms with E-state index >= 15 is 0 Å². The average Bonchev–Trinajstić information content (AvgIpc) is 2.44. The van der Waals surface area contributed by atoms with Gasteiger partial charge in [0.2, 0.25) is 0 Å². The van der Waals surface area contributed by atoms with Crippen LogP contribution in [0.4, 0.5) is 5.82 Å². The zero-order valence-electron chi connectivity index (χ0n) is 12.5. The smallest absolute Gasteiger partial charge is 0.271 e. The number of hydrogen-bond donors (Lipinski definition) is 2. The first-order chi connectivity index (χ1) is 9.63. The van der Waals surface area contributed by atoms with Crippen molar-refractivity contribution in [3.63, 3.8) is 0 Å². The standard InChI is InChI=1S/C14H24N4O2/c1-11(2)5-7-16-14(19)12-9-18-13(10-17-12)15-6-4-8-20-3/h9-11H,4-8H2,1-3H3,(H,15,18)(H,16,19). The van der Waals surface area contributed by atoms with Crippen LogP contribution in [0.2, 0.25) is 0 Å². The van der Waals surface area contributed by atoms with Crippen LogP contribution in [0.25, 0.3) is 0 Å². The van der Waals surface area contributed by atoms with Crippen LogP contribution >= 0.6 is 0 Å². The van der Waals surface area contributed by atoms with Gasteiger partial charge in [-0.1, -0.05) is 13.8 Å². The van der Waals surface area contributed by atoms with E-state index in [2.05, 4.69) is 34.4 Å². The minimum atomic E-state index is -0.177. The Labute approximate surface area is 120 Å². The Morgan fingerprint density at radius 1 is 1.30 bits per heavy atom. The number of rotatable bonds is 9. The van der Waals surface area contributed by atoms with Crippen LogP contribution in [0, 0.1) is 5.92 Å². The molecule has 1 aromatic heterocycles. The molecule has 0 saturated heterocycles. The lowest BCUT2D eigenvalue weighted by molar-refractivity contribution is 0.0946. The Balaban J connectivity index is 2.35. The normalized spacial score (nSPS) is 10.6. The maximum absolute atomic E-state index is 11.8. The van der Waals surface area contributed by atoms with Crippen molar-refractivity contribution in [2.75, 3.05) is 32.1 Å². The summed E-state index contributed by atoms with van der Waals surface area (Å²) in [5.74, 6) is 1.06. The average molecular weight is 280 g/mol. The van der Waals surface area contributed by atoms with E-state index in [9.17, 15) is 4.79 Å². The fraction of sp³-hybridized carbons (Fsp3) is 0.643. The van der Waals surface area contributed by atoms with Gasteiger partial charge in [0.25, 0.3) is 5.91 Å². The number of nitrogens with one attached hydrogen (secondary N) is 2. The molecule has 0 unspecified atom stereocenters. The van der Waals surface area contributed by atoms with Crippen molar-refractivity contribution in [1.29, 1.82) is 0 Å². The SMILES string of the molecule is COCCCNc1cnc(C(=O)NCCC(C)C)cn1. The second-order valence-corrected chi connectivity index (χ2v) is 5.00. The molecule has 0 aliphatic heterocycles. The minimum absolute atomic E-state index is 0.177. The predicted octanol–water partition coefficient (Wildman–Crippen LogP) is 1.70. The molecule has 0 spiro atoms. The molecule has 0 atom stereocenters. The number of nitrogens with zero attached hydrogens (tertiary/aromatic N) is 2. The van der Waals surface area contributed by atoms with E-state index in [1.165, 1.54) is 6.20 Å². The molecule has 1 amide bonds. The van der Waals surface area contributed by atoms with Crippen molar-refractivity contribution in [2.45, 2.75) is 26.7 Å². The summed E-state index contributed by atoms with van der Waals surface area (Å²) in [7, 11) is 1.67. The molecular formula is C14H24N4O2. The number of aromatic nitrogens is 2. The third-order valence-electron chi connectivity index (χ3n) is 2.72. The highest BCUT2D eigenvalue weighted by atomic mass is 16.5. The predicted molar refractivity (Wildman–Crippen MR) is 78.8 cm³/mol. The van der Waals surface area contributed by atoms with Crippen molar-refractivity contribution < 1.29 is 9.53 Å². The van der Waals surface area contributed by atoms with Crippen molar-refractivity contribution in [2.24, 2.45) is 5.92 Å². The maximum Gasteiger partial charge on any atom is 0.271 e. The molecule has 20 heavy (non-hydrogen) atoms. The van der Waals surface area contributed by atoms with Gasteiger partial charge in [-0.3, -0.25) is 4.79 Å². The topological polar surface area (TPSA) is 76.1 Å². The lowest BCUT2D eigenvalue weighted by atomic mass is 10.1. The molecule has 0 radical (unpaired) electrons. The van der Waals surface area contributed by atoms with E-state index in [1.54, 1.807) is 13.3 Å². The zero-order chi connectivity index (χ0) is 14.8. The highest BCUT2D eigenvalue weighted by Gasteiger charge is 2.07. The largest absolute Gasteiger partial charge is 0.385 e. The molecule has 0 aromatic carbocycles. The van der Waals surface area contributed by atoms with Crippen LogP contribution in [0.5, 0.6) is 0 Å². The fourth-order valence-corrected chi connectivity index (χ4v) is 1.53. The van der Waals surface area contributed by atoms with Gasteiger partial charge in [0.15, 0.2) is 0 Å². The summed E-state index contributed by atoms with van der Waals surface area (Å²) in [5.41, 5.74) is 0.344. The van der Waals surface area contributed by atoms with Gasteiger partial charge in [0.05, 0.1) is 12.4 Å². The lowest BCUT2D eigenvalue weighted by Gasteiger charge is -2.07. The Bertz CT molecular complexity index is 393. The van der Waals surface area contributed by atoms with E-state index in [-0.39, 0.29) is 5.91 Å². The van der Waals surface area contributed by atoms with Crippen LogP contribution in [0.3, 0.4) is 0 Å². The highest BCUT2D eigenvalue weighted by Crippen LogP contribution is 2.02. The van der Waals surface area contributed by atoms with Gasteiger partial charge in [-0.05, 0) is 18.8 Å². The molecule has 1 aromatic rings. The summed E-state index contributed by atoms with van der Waals surface area (Å²) in [4.78, 5) is 20.1. The molecule has 1 heterocycles. The van der Waals surface area contributed by atoms with Gasteiger partial charge in [-0.15, -0.1) is 0 Å². The van der Waals surface area contributed by atoms with Crippen LogP contribution < -0.4 is 10.6 Å². The molecule has 0 aliphatic rings. The van der Waals surface area contributed by atoms with Gasteiger partial charge in [0.1, 0.15) is 11.5 Å². The summed E-state index contributed by atoms with van der Waals surface area (Å²) < 4.78 is 4.96. The highest BCUT2D eigenvalue weighted by molar-refractivity contribution is 5.91. The van der Waals surface area contributed by atoms with Crippen LogP contribution in [-0.4, -0.2) is 42.7 Å². The van der Waals surface area contributed by atoms with Gasteiger partial charge in [0, 0.05) is 26.8 Å². The first kappa shape index (κ1) is 16.4. The molecule has 6 nitrogen and oxygen atoms in total. The fourth-order valence-electron chi connectivity index (χ4n) is 1.53. The molecule has 112 valence electrons. The minimum Gasteiger partial charge on any atom is -0.385 e. The van der Waals surface area contributed by atoms with Crippen molar-refractivity contribution in [1.82, 2.24) is 15.3 Å². The first-order valence-corrected chi connectivity index (χ1v) is 6.96. The third kappa shape index (κ3) is 6.47. The Morgan fingerprint density at radius 2 is 2.10 bits per heavy atom. The van der Waals surface area contributed by atoms with Gasteiger partial charge in [-0.25, -0.2) is 9.97 Å². The molecule has 0 aliphatic carbocycles. The molecular weight excluding hydrogens is 256 g/mol. The van der Waals surface area contributed by atoms with E-state index < -0.39 is 0 Å². The Kier molecular flexibility index (Phi) is 7.57. The molecule has 6 heteroatoms. The molecule has 0 saturated carbocycles. The monoisotopic (exact) mass is 280 g/mol. The second kappa shape index (κ2) is 9.25. The van der Waals surface area contributed by atoms with Crippen molar-refractivity contribution in [3.8, 4) is 0 Å². The van der Waals surface area contributed by atoms with Gasteiger partial charge >= 0.3 is 0 Å². The number of methoxy groups -OCH3 is 1. The van der Waals surface area contributed by atoms with E-state index in [0.29, 0.717) is 30.6 Å². The number of ether oxygens (including phenoxy) is 1. The Morgan fingerprint density at radius 3 is 2.70 bits per heavy atom. The third-order valence-corrected chi connectivity index (χ3v) is 2.72. The van der Waals surface area contributed by atoms with Crippen LogP contribution in [-0.2, 0) is 4.74 Å². The number of amides is 1. The summed E-state index contributed by atoms with van der Waals surface area (Å²) in [6, 6.07) is 0. The van der Waals surface area contributed by atoms with Gasteiger partial charge in [-0.2, -0.15) is 0 Å². The molecule has 0 fully saturated rings. The quantitative estimate of drug-likeness (QED) is 0.673. The van der Waals surface area contributed by atoms with E-state index in [1.807, 2.05) is 0 Å². The van der Waals surface area contributed by atoms with Gasteiger partial charge < -0.3 is 15.4 Å². The lowest BCUT2D eigenvalue weighted by Crippen LogP contribution is -2.26. The van der Waals surface area contributed by atoms with Crippen LogP contribution in [0.1, 0.15) is 37.2 Å². The summed E-state index contributed by atoms with van der Waals surface area (Å²) in [6.45, 7) is 6.38. The molecule has 0 bridgehead atoms. The second-order valence-electron chi connectivity index (χ2n) is 5.00. The van der Waals surface area contributed by atoms with Crippen molar-refractivity contribution in [3.05, 3.63) is 18.1 Å². The number of anilines is 1. The summed E-state index contributed by atoms with van der Waals surface area (Å²) in [5, 5.41) is 5.95. The number of hydrogen-bond acceptors (Lipinski definition) is 5. The van der Waals surface area contributed by atoms with E-state index in [0.717, 1.165) is 19.4 Å². The maximum atomic E-state index is 11.8. The van der Waals surface area contributed by atoms with Crippen molar-refractivity contribution >= 4 is 11.7 Å². The van der Waals surface area contributed by atoms with Crippen LogP contribution in [0.15, 0.2) is 12.4 Å². The van der Waals surface area contributed by atoms with E-state index in [4.69, 9.17) is 4.74 Å². The molecule has 1 rings (SSSR count). The number of carbonyl (C=O) groups excluding carboxylic acids is 1. The first-order valence-electron chi connectivity index (χ1n) is 6.96. The number of carbonyl (C=O) groups is 1. The molecule has 2 N–H and O–H groups in total. The Hall–Kier alpha value is -1.69.